The molecule has 0 saturated heterocycles. The maximum atomic E-state index is 13.2. The topological polar surface area (TPSA) is 85.0 Å². The van der Waals surface area contributed by atoms with Gasteiger partial charge in [0, 0.05) is 6.54 Å². The van der Waals surface area contributed by atoms with Crippen molar-refractivity contribution in [1.82, 2.24) is 9.55 Å². The van der Waals surface area contributed by atoms with Gasteiger partial charge in [0.05, 0.1) is 23.8 Å². The molecule has 0 fully saturated rings. The van der Waals surface area contributed by atoms with Gasteiger partial charge in [0.2, 0.25) is 0 Å². The summed E-state index contributed by atoms with van der Waals surface area (Å²) in [5.74, 6) is -0.247. The molecule has 0 aliphatic carbocycles. The van der Waals surface area contributed by atoms with Gasteiger partial charge < -0.3 is 4.74 Å². The van der Waals surface area contributed by atoms with Crippen LogP contribution in [0.25, 0.3) is 10.2 Å². The molecule has 0 aliphatic rings. The average Bonchev–Trinajstić information content (AvgIpc) is 3.03. The lowest BCUT2D eigenvalue weighted by molar-refractivity contribution is 0.0531. The number of ether oxygens (including phenoxy) is 1. The molecule has 1 aromatic carbocycles. The van der Waals surface area contributed by atoms with Crippen molar-refractivity contribution >= 4 is 39.3 Å². The van der Waals surface area contributed by atoms with Gasteiger partial charge in [-0.15, -0.1) is 11.3 Å². The number of carbonyl (C=O) groups is 1. The summed E-state index contributed by atoms with van der Waals surface area (Å²) in [6, 6.07) is 12.0. The maximum Gasteiger partial charge on any atom is 0.348 e. The predicted octanol–water partition coefficient (Wildman–Crippen LogP) is 3.80. The first-order valence-electron chi connectivity index (χ1n) is 8.81. The molecule has 2 heterocycles. The molecule has 0 aliphatic heterocycles. The van der Waals surface area contributed by atoms with Gasteiger partial charge in [-0.2, -0.15) is 5.26 Å². The van der Waals surface area contributed by atoms with Crippen molar-refractivity contribution in [2.45, 2.75) is 32.0 Å². The lowest BCUT2D eigenvalue weighted by Crippen LogP contribution is -2.24. The molecule has 3 aromatic rings. The number of benzene rings is 1. The lowest BCUT2D eigenvalue weighted by Gasteiger charge is -2.11. The van der Waals surface area contributed by atoms with Crippen LogP contribution in [0.15, 0.2) is 40.3 Å². The number of nitriles is 1. The molecular weight excluding hydrogens is 394 g/mol. The van der Waals surface area contributed by atoms with Gasteiger partial charge in [-0.05, 0) is 31.4 Å². The third kappa shape index (κ3) is 4.11. The van der Waals surface area contributed by atoms with Crippen LogP contribution in [-0.4, -0.2) is 27.9 Å². The number of carbonyl (C=O) groups excluding carboxylic acids is 1. The van der Waals surface area contributed by atoms with E-state index in [2.05, 4.69) is 11.1 Å². The van der Waals surface area contributed by atoms with E-state index < -0.39 is 5.97 Å². The van der Waals surface area contributed by atoms with Crippen molar-refractivity contribution < 1.29 is 9.53 Å². The normalized spacial score (nSPS) is 10.8. The fourth-order valence-corrected chi connectivity index (χ4v) is 4.68. The van der Waals surface area contributed by atoms with Gasteiger partial charge in [0.25, 0.3) is 5.56 Å². The zero-order valence-electron chi connectivity index (χ0n) is 15.6. The molecule has 0 N–H and O–H groups in total. The van der Waals surface area contributed by atoms with E-state index in [1.807, 2.05) is 30.3 Å². The van der Waals surface area contributed by atoms with E-state index in [1.165, 1.54) is 11.8 Å². The van der Waals surface area contributed by atoms with Crippen LogP contribution in [0, 0.1) is 18.3 Å². The number of aryl methyl sites for hydroxylation is 2. The third-order valence-corrected chi connectivity index (χ3v) is 6.22. The Balaban J connectivity index is 2.07. The van der Waals surface area contributed by atoms with E-state index in [0.717, 1.165) is 16.9 Å². The van der Waals surface area contributed by atoms with Crippen LogP contribution in [0.2, 0.25) is 0 Å². The highest BCUT2D eigenvalue weighted by Gasteiger charge is 2.22. The second-order valence-corrected chi connectivity index (χ2v) is 7.93. The summed E-state index contributed by atoms with van der Waals surface area (Å²) in [6.45, 7) is 4.21. The largest absolute Gasteiger partial charge is 0.462 e. The first-order chi connectivity index (χ1) is 13.6. The highest BCUT2D eigenvalue weighted by Crippen LogP contribution is 2.29. The summed E-state index contributed by atoms with van der Waals surface area (Å²) in [4.78, 5) is 30.9. The SMILES string of the molecule is CCOC(=O)c1sc2nc(SCC#N)n(CCc3ccccc3)c(=O)c2c1C. The molecule has 8 heteroatoms. The summed E-state index contributed by atoms with van der Waals surface area (Å²) in [7, 11) is 0. The standard InChI is InChI=1S/C20H19N3O3S2/c1-3-26-19(25)16-13(2)15-17(28-16)22-20(27-12-10-21)23(18(15)24)11-9-14-7-5-4-6-8-14/h4-8H,3,9,11-12H2,1-2H3. The van der Waals surface area contributed by atoms with Crippen molar-refractivity contribution in [2.24, 2.45) is 0 Å². The second kappa shape index (κ2) is 9.04. The number of esters is 1. The predicted molar refractivity (Wildman–Crippen MR) is 111 cm³/mol. The molecule has 0 unspecified atom stereocenters. The highest BCUT2D eigenvalue weighted by atomic mass is 32.2. The summed E-state index contributed by atoms with van der Waals surface area (Å²) >= 11 is 2.39. The van der Waals surface area contributed by atoms with Crippen molar-refractivity contribution in [1.29, 1.82) is 5.26 Å². The first kappa shape index (κ1) is 20.1. The number of rotatable bonds is 7. The maximum absolute atomic E-state index is 13.2. The molecule has 0 bridgehead atoms. The monoisotopic (exact) mass is 413 g/mol. The molecule has 0 amide bonds. The first-order valence-corrected chi connectivity index (χ1v) is 10.6. The van der Waals surface area contributed by atoms with Crippen LogP contribution in [0.3, 0.4) is 0 Å². The summed E-state index contributed by atoms with van der Waals surface area (Å²) in [5.41, 5.74) is 1.52. The average molecular weight is 414 g/mol. The second-order valence-electron chi connectivity index (χ2n) is 5.99. The Kier molecular flexibility index (Phi) is 6.49. The molecule has 0 radical (unpaired) electrons. The van der Waals surface area contributed by atoms with Gasteiger partial charge in [0.1, 0.15) is 9.71 Å². The van der Waals surface area contributed by atoms with Crippen molar-refractivity contribution in [3.05, 3.63) is 56.7 Å². The van der Waals surface area contributed by atoms with Crippen molar-refractivity contribution in [2.75, 3.05) is 12.4 Å². The van der Waals surface area contributed by atoms with Gasteiger partial charge in [0.15, 0.2) is 5.16 Å². The highest BCUT2D eigenvalue weighted by molar-refractivity contribution is 7.99. The van der Waals surface area contributed by atoms with Crippen LogP contribution in [0.5, 0.6) is 0 Å². The van der Waals surface area contributed by atoms with Gasteiger partial charge in [-0.1, -0.05) is 42.1 Å². The number of nitrogens with zero attached hydrogens (tertiary/aromatic N) is 3. The van der Waals surface area contributed by atoms with Crippen LogP contribution in [-0.2, 0) is 17.7 Å². The summed E-state index contributed by atoms with van der Waals surface area (Å²) in [6.07, 6.45) is 0.669. The molecule has 144 valence electrons. The van der Waals surface area contributed by atoms with Crippen LogP contribution >= 0.6 is 23.1 Å². The zero-order chi connectivity index (χ0) is 20.1. The summed E-state index contributed by atoms with van der Waals surface area (Å²) in [5, 5.41) is 9.88. The number of thioether (sulfide) groups is 1. The Labute approximate surface area is 170 Å². The van der Waals surface area contributed by atoms with Gasteiger partial charge in [-0.3, -0.25) is 9.36 Å². The smallest absolute Gasteiger partial charge is 0.348 e. The number of hydrogen-bond acceptors (Lipinski definition) is 7. The van der Waals surface area contributed by atoms with E-state index in [0.29, 0.717) is 38.8 Å². The van der Waals surface area contributed by atoms with Crippen LogP contribution < -0.4 is 5.56 Å². The lowest BCUT2D eigenvalue weighted by atomic mass is 10.1. The van der Waals surface area contributed by atoms with Crippen molar-refractivity contribution in [3.63, 3.8) is 0 Å². The molecule has 28 heavy (non-hydrogen) atoms. The van der Waals surface area contributed by atoms with Crippen LogP contribution in [0.4, 0.5) is 0 Å². The zero-order valence-corrected chi connectivity index (χ0v) is 17.2. The van der Waals surface area contributed by atoms with E-state index >= 15 is 0 Å². The molecular formula is C20H19N3O3S2. The number of hydrogen-bond donors (Lipinski definition) is 0. The van der Waals surface area contributed by atoms with E-state index in [4.69, 9.17) is 10.00 Å². The minimum absolute atomic E-state index is 0.189. The van der Waals surface area contributed by atoms with Crippen LogP contribution in [0.1, 0.15) is 27.7 Å². The van der Waals surface area contributed by atoms with Gasteiger partial charge >= 0.3 is 5.97 Å². The molecule has 0 spiro atoms. The molecule has 6 nitrogen and oxygen atoms in total. The Morgan fingerprint density at radius 2 is 2.11 bits per heavy atom. The summed E-state index contributed by atoms with van der Waals surface area (Å²) < 4.78 is 6.70. The molecule has 0 saturated carbocycles. The number of thiophene rings is 1. The third-order valence-electron chi connectivity index (χ3n) is 4.21. The Bertz CT molecular complexity index is 1100. The van der Waals surface area contributed by atoms with E-state index in [9.17, 15) is 9.59 Å². The van der Waals surface area contributed by atoms with E-state index in [1.54, 1.807) is 18.4 Å². The quantitative estimate of drug-likeness (QED) is 0.333. The Hall–Kier alpha value is -2.63. The Morgan fingerprint density at radius 3 is 2.79 bits per heavy atom. The minimum atomic E-state index is -0.440. The number of fused-ring (bicyclic) bond motifs is 1. The number of aromatic nitrogens is 2. The molecule has 2 aromatic heterocycles. The van der Waals surface area contributed by atoms with E-state index in [-0.39, 0.29) is 17.9 Å². The van der Waals surface area contributed by atoms with Crippen molar-refractivity contribution in [3.8, 4) is 6.07 Å². The molecule has 3 rings (SSSR count). The van der Waals surface area contributed by atoms with Gasteiger partial charge in [-0.25, -0.2) is 9.78 Å². The molecule has 0 atom stereocenters. The fraction of sp³-hybridized carbons (Fsp3) is 0.300. The minimum Gasteiger partial charge on any atom is -0.462 e. The fourth-order valence-electron chi connectivity index (χ4n) is 2.88. The Morgan fingerprint density at radius 1 is 1.36 bits per heavy atom.